The van der Waals surface area contributed by atoms with E-state index in [1.54, 1.807) is 36.4 Å². The van der Waals surface area contributed by atoms with Gasteiger partial charge in [0, 0.05) is 17.4 Å². The average Bonchev–Trinajstić information content (AvgIpc) is 2.59. The third kappa shape index (κ3) is 4.84. The van der Waals surface area contributed by atoms with Gasteiger partial charge in [0.25, 0.3) is 0 Å². The molecule has 0 aliphatic carbocycles. The zero-order valence-corrected chi connectivity index (χ0v) is 13.6. The third-order valence-corrected chi connectivity index (χ3v) is 3.42. The summed E-state index contributed by atoms with van der Waals surface area (Å²) in [5, 5.41) is 3.14. The summed E-state index contributed by atoms with van der Waals surface area (Å²) in [6.07, 6.45) is 1.57. The molecule has 0 atom stereocenters. The van der Waals surface area contributed by atoms with Gasteiger partial charge in [0.1, 0.15) is 23.7 Å². The van der Waals surface area contributed by atoms with E-state index in [1.165, 1.54) is 18.5 Å². The summed E-state index contributed by atoms with van der Waals surface area (Å²) in [7, 11) is 0. The van der Waals surface area contributed by atoms with Crippen molar-refractivity contribution in [2.24, 2.45) is 0 Å². The summed E-state index contributed by atoms with van der Waals surface area (Å²) in [6, 6.07) is 14.6. The number of anilines is 2. The van der Waals surface area contributed by atoms with Crippen LogP contribution in [0.4, 0.5) is 15.9 Å². The number of halogens is 1. The standard InChI is InChI=1S/C19H16FN3O2/c1-13-10-18(22-12-21-13)23-16-6-8-17(9-7-16)25-19(24)11-14-2-4-15(20)5-3-14/h2-10,12H,11H2,1H3,(H,21,22,23). The van der Waals surface area contributed by atoms with Crippen molar-refractivity contribution >= 4 is 17.5 Å². The number of aromatic nitrogens is 2. The zero-order chi connectivity index (χ0) is 17.6. The van der Waals surface area contributed by atoms with Crippen LogP contribution in [0, 0.1) is 12.7 Å². The van der Waals surface area contributed by atoms with Crippen molar-refractivity contribution in [3.8, 4) is 5.75 Å². The van der Waals surface area contributed by atoms with Gasteiger partial charge in [-0.1, -0.05) is 12.1 Å². The van der Waals surface area contributed by atoms with Crippen LogP contribution in [-0.4, -0.2) is 15.9 Å². The van der Waals surface area contributed by atoms with Crippen molar-refractivity contribution in [2.75, 3.05) is 5.32 Å². The molecule has 25 heavy (non-hydrogen) atoms. The Balaban J connectivity index is 1.58. The van der Waals surface area contributed by atoms with Crippen LogP contribution in [0.5, 0.6) is 5.75 Å². The first-order chi connectivity index (χ1) is 12.1. The molecule has 1 N–H and O–H groups in total. The second-order valence-corrected chi connectivity index (χ2v) is 5.47. The Kier molecular flexibility index (Phi) is 4.99. The molecule has 6 heteroatoms. The van der Waals surface area contributed by atoms with E-state index in [0.29, 0.717) is 17.1 Å². The van der Waals surface area contributed by atoms with E-state index in [0.717, 1.165) is 11.4 Å². The van der Waals surface area contributed by atoms with Crippen molar-refractivity contribution in [3.63, 3.8) is 0 Å². The minimum atomic E-state index is -0.404. The minimum Gasteiger partial charge on any atom is -0.426 e. The molecule has 0 radical (unpaired) electrons. The fraction of sp³-hybridized carbons (Fsp3) is 0.105. The van der Waals surface area contributed by atoms with Gasteiger partial charge < -0.3 is 10.1 Å². The molecular weight excluding hydrogens is 321 g/mol. The average molecular weight is 337 g/mol. The van der Waals surface area contributed by atoms with Gasteiger partial charge in [0.15, 0.2) is 0 Å². The molecule has 126 valence electrons. The Labute approximate surface area is 144 Å². The lowest BCUT2D eigenvalue weighted by Gasteiger charge is -2.08. The molecule has 0 saturated heterocycles. The molecule has 0 bridgehead atoms. The van der Waals surface area contributed by atoms with Gasteiger partial charge in [0.05, 0.1) is 6.42 Å². The number of nitrogens with one attached hydrogen (secondary N) is 1. The largest absolute Gasteiger partial charge is 0.426 e. The Hall–Kier alpha value is -3.28. The summed E-state index contributed by atoms with van der Waals surface area (Å²) in [5.41, 5.74) is 2.38. The SMILES string of the molecule is Cc1cc(Nc2ccc(OC(=O)Cc3ccc(F)cc3)cc2)ncn1. The number of ether oxygens (including phenoxy) is 1. The third-order valence-electron chi connectivity index (χ3n) is 3.42. The summed E-state index contributed by atoms with van der Waals surface area (Å²) in [5.74, 6) is 0.392. The first-order valence-corrected chi connectivity index (χ1v) is 7.69. The van der Waals surface area contributed by atoms with E-state index < -0.39 is 5.97 Å². The Morgan fingerprint density at radius 1 is 1.08 bits per heavy atom. The fourth-order valence-electron chi connectivity index (χ4n) is 2.21. The number of esters is 1. The number of carbonyl (C=O) groups is 1. The van der Waals surface area contributed by atoms with Crippen molar-refractivity contribution < 1.29 is 13.9 Å². The van der Waals surface area contributed by atoms with E-state index in [-0.39, 0.29) is 12.2 Å². The van der Waals surface area contributed by atoms with E-state index in [1.807, 2.05) is 13.0 Å². The number of hydrogen-bond acceptors (Lipinski definition) is 5. The summed E-state index contributed by atoms with van der Waals surface area (Å²) in [6.45, 7) is 1.89. The zero-order valence-electron chi connectivity index (χ0n) is 13.6. The van der Waals surface area contributed by atoms with Crippen LogP contribution in [0.15, 0.2) is 60.9 Å². The van der Waals surface area contributed by atoms with Crippen LogP contribution in [0.1, 0.15) is 11.3 Å². The summed E-state index contributed by atoms with van der Waals surface area (Å²) < 4.78 is 18.1. The maximum Gasteiger partial charge on any atom is 0.315 e. The van der Waals surface area contributed by atoms with E-state index in [9.17, 15) is 9.18 Å². The topological polar surface area (TPSA) is 64.1 Å². The number of aryl methyl sites for hydroxylation is 1. The Morgan fingerprint density at radius 2 is 1.80 bits per heavy atom. The van der Waals surface area contributed by atoms with Gasteiger partial charge in [-0.05, 0) is 48.9 Å². The second-order valence-electron chi connectivity index (χ2n) is 5.47. The Bertz CT molecular complexity index is 865. The smallest absolute Gasteiger partial charge is 0.315 e. The van der Waals surface area contributed by atoms with Crippen LogP contribution in [-0.2, 0) is 11.2 Å². The van der Waals surface area contributed by atoms with Gasteiger partial charge in [-0.25, -0.2) is 14.4 Å². The van der Waals surface area contributed by atoms with E-state index in [4.69, 9.17) is 4.74 Å². The number of nitrogens with zero attached hydrogens (tertiary/aromatic N) is 2. The van der Waals surface area contributed by atoms with Crippen LogP contribution < -0.4 is 10.1 Å². The quantitative estimate of drug-likeness (QED) is 0.566. The predicted molar refractivity (Wildman–Crippen MR) is 92.2 cm³/mol. The predicted octanol–water partition coefficient (Wildman–Crippen LogP) is 3.82. The molecule has 0 unspecified atom stereocenters. The molecule has 5 nitrogen and oxygen atoms in total. The molecule has 1 aromatic heterocycles. The lowest BCUT2D eigenvalue weighted by atomic mass is 10.1. The highest BCUT2D eigenvalue weighted by atomic mass is 19.1. The monoisotopic (exact) mass is 337 g/mol. The molecule has 0 saturated carbocycles. The molecule has 3 aromatic rings. The number of hydrogen-bond donors (Lipinski definition) is 1. The van der Waals surface area contributed by atoms with Crippen molar-refractivity contribution in [1.82, 2.24) is 9.97 Å². The molecule has 0 amide bonds. The highest BCUT2D eigenvalue weighted by molar-refractivity contribution is 5.75. The van der Waals surface area contributed by atoms with Crippen LogP contribution in [0.25, 0.3) is 0 Å². The summed E-state index contributed by atoms with van der Waals surface area (Å²) >= 11 is 0. The number of rotatable bonds is 5. The van der Waals surface area contributed by atoms with Crippen LogP contribution in [0.2, 0.25) is 0 Å². The second kappa shape index (κ2) is 7.53. The fourth-order valence-corrected chi connectivity index (χ4v) is 2.21. The highest BCUT2D eigenvalue weighted by Gasteiger charge is 2.07. The number of benzene rings is 2. The van der Waals surface area contributed by atoms with E-state index in [2.05, 4.69) is 15.3 Å². The highest BCUT2D eigenvalue weighted by Crippen LogP contribution is 2.19. The molecule has 1 heterocycles. The van der Waals surface area contributed by atoms with Crippen molar-refractivity contribution in [2.45, 2.75) is 13.3 Å². The summed E-state index contributed by atoms with van der Waals surface area (Å²) in [4.78, 5) is 20.1. The lowest BCUT2D eigenvalue weighted by Crippen LogP contribution is -2.11. The first-order valence-electron chi connectivity index (χ1n) is 7.69. The minimum absolute atomic E-state index is 0.0838. The normalized spacial score (nSPS) is 10.3. The Morgan fingerprint density at radius 3 is 2.48 bits per heavy atom. The van der Waals surface area contributed by atoms with E-state index >= 15 is 0 Å². The van der Waals surface area contributed by atoms with Crippen LogP contribution >= 0.6 is 0 Å². The maximum atomic E-state index is 12.9. The molecule has 0 aliphatic rings. The van der Waals surface area contributed by atoms with Gasteiger partial charge >= 0.3 is 5.97 Å². The van der Waals surface area contributed by atoms with Crippen molar-refractivity contribution in [1.29, 1.82) is 0 Å². The first kappa shape index (κ1) is 16.6. The van der Waals surface area contributed by atoms with Gasteiger partial charge in [-0.15, -0.1) is 0 Å². The van der Waals surface area contributed by atoms with Crippen LogP contribution in [0.3, 0.4) is 0 Å². The molecule has 0 fully saturated rings. The number of carbonyl (C=O) groups excluding carboxylic acids is 1. The molecule has 0 spiro atoms. The van der Waals surface area contributed by atoms with Gasteiger partial charge in [-0.2, -0.15) is 0 Å². The lowest BCUT2D eigenvalue weighted by molar-refractivity contribution is -0.133. The van der Waals surface area contributed by atoms with Crippen molar-refractivity contribution in [3.05, 3.63) is 78.0 Å². The molecular formula is C19H16FN3O2. The molecule has 2 aromatic carbocycles. The van der Waals surface area contributed by atoms with Gasteiger partial charge in [-0.3, -0.25) is 4.79 Å². The molecule has 3 rings (SSSR count). The maximum absolute atomic E-state index is 12.9. The molecule has 0 aliphatic heterocycles. The van der Waals surface area contributed by atoms with Gasteiger partial charge in [0.2, 0.25) is 0 Å².